The van der Waals surface area contributed by atoms with Crippen molar-refractivity contribution in [2.45, 2.75) is 25.0 Å². The van der Waals surface area contributed by atoms with Gasteiger partial charge >= 0.3 is 0 Å². The van der Waals surface area contributed by atoms with Crippen LogP contribution in [0.2, 0.25) is 0 Å². The SMILES string of the molecule is COc1cc(C=O)c(-c2cnc3cc4c(cc3c2N(C)CCN(C)C(=O)CCC(C)SSC)OCO4)cc1OC. The zero-order chi connectivity index (χ0) is 28.8. The molecule has 1 aliphatic heterocycles. The number of nitrogens with zero attached hydrogens (tertiary/aromatic N) is 3. The summed E-state index contributed by atoms with van der Waals surface area (Å²) in [6.45, 7) is 3.38. The van der Waals surface area contributed by atoms with Crippen molar-refractivity contribution in [2.24, 2.45) is 0 Å². The molecule has 0 spiro atoms. The molecule has 2 heterocycles. The zero-order valence-corrected chi connectivity index (χ0v) is 25.3. The van der Waals surface area contributed by atoms with Gasteiger partial charge in [0.25, 0.3) is 0 Å². The Labute approximate surface area is 242 Å². The summed E-state index contributed by atoms with van der Waals surface area (Å²) in [5, 5.41) is 1.26. The van der Waals surface area contributed by atoms with Gasteiger partial charge in [-0.3, -0.25) is 14.6 Å². The molecule has 9 nitrogen and oxygen atoms in total. The number of hydrogen-bond donors (Lipinski definition) is 0. The number of ether oxygens (including phenoxy) is 4. The molecule has 0 fully saturated rings. The van der Waals surface area contributed by atoms with Crippen LogP contribution in [-0.4, -0.2) is 81.8 Å². The standard InChI is InChI=1S/C29H35N3O6S2/c1-18(40-39-6)7-8-28(34)31(2)9-10-32(3)29-21-13-26-27(38-17-37-26)14-23(21)30-15-22(29)20-12-25(36-5)24(35-4)11-19(20)16-33/h11-16,18H,7-10,17H2,1-6H3. The Morgan fingerprint density at radius 3 is 2.45 bits per heavy atom. The summed E-state index contributed by atoms with van der Waals surface area (Å²) in [5.74, 6) is 2.36. The van der Waals surface area contributed by atoms with Crippen molar-refractivity contribution in [3.05, 3.63) is 36.0 Å². The number of methoxy groups -OCH3 is 2. The number of amides is 1. The number of carbonyl (C=O) groups is 2. The molecule has 40 heavy (non-hydrogen) atoms. The molecule has 0 aliphatic carbocycles. The molecule has 0 saturated heterocycles. The minimum Gasteiger partial charge on any atom is -0.493 e. The van der Waals surface area contributed by atoms with Gasteiger partial charge in [-0.2, -0.15) is 0 Å². The van der Waals surface area contributed by atoms with E-state index in [-0.39, 0.29) is 12.7 Å². The Bertz CT molecular complexity index is 1390. The highest BCUT2D eigenvalue weighted by Gasteiger charge is 2.23. The monoisotopic (exact) mass is 585 g/mol. The van der Waals surface area contributed by atoms with E-state index in [1.54, 1.807) is 51.9 Å². The molecule has 0 saturated carbocycles. The van der Waals surface area contributed by atoms with Crippen molar-refractivity contribution in [1.82, 2.24) is 9.88 Å². The van der Waals surface area contributed by atoms with Gasteiger partial charge in [0, 0.05) is 67.6 Å². The van der Waals surface area contributed by atoms with Gasteiger partial charge in [-0.25, -0.2) is 0 Å². The highest BCUT2D eigenvalue weighted by Crippen LogP contribution is 2.44. The second kappa shape index (κ2) is 13.4. The molecule has 1 aromatic heterocycles. The zero-order valence-electron chi connectivity index (χ0n) is 23.7. The number of fused-ring (bicyclic) bond motifs is 2. The number of carbonyl (C=O) groups excluding carboxylic acids is 2. The van der Waals surface area contributed by atoms with E-state index in [0.717, 1.165) is 34.9 Å². The fourth-order valence-electron chi connectivity index (χ4n) is 4.67. The van der Waals surface area contributed by atoms with Crippen LogP contribution in [-0.2, 0) is 4.79 Å². The summed E-state index contributed by atoms with van der Waals surface area (Å²) >= 11 is 0. The lowest BCUT2D eigenvalue weighted by Crippen LogP contribution is -2.35. The van der Waals surface area contributed by atoms with E-state index in [2.05, 4.69) is 18.1 Å². The normalized spacial score (nSPS) is 12.8. The van der Waals surface area contributed by atoms with E-state index in [0.29, 0.717) is 58.9 Å². The van der Waals surface area contributed by atoms with Gasteiger partial charge in [-0.1, -0.05) is 28.5 Å². The van der Waals surface area contributed by atoms with E-state index in [4.69, 9.17) is 23.9 Å². The lowest BCUT2D eigenvalue weighted by molar-refractivity contribution is -0.129. The summed E-state index contributed by atoms with van der Waals surface area (Å²) in [6.07, 6.45) is 5.95. The van der Waals surface area contributed by atoms with E-state index in [9.17, 15) is 9.59 Å². The van der Waals surface area contributed by atoms with Crippen LogP contribution >= 0.6 is 21.6 Å². The van der Waals surface area contributed by atoms with Crippen LogP contribution in [0.15, 0.2) is 30.5 Å². The molecule has 1 unspecified atom stereocenters. The van der Waals surface area contributed by atoms with Gasteiger partial charge in [0.1, 0.15) is 0 Å². The summed E-state index contributed by atoms with van der Waals surface area (Å²) in [7, 11) is 10.4. The number of benzene rings is 2. The molecule has 2 aromatic carbocycles. The Morgan fingerprint density at radius 2 is 1.77 bits per heavy atom. The van der Waals surface area contributed by atoms with E-state index in [1.807, 2.05) is 26.2 Å². The molecule has 214 valence electrons. The second-order valence-electron chi connectivity index (χ2n) is 9.50. The highest BCUT2D eigenvalue weighted by atomic mass is 33.1. The van der Waals surface area contributed by atoms with Crippen LogP contribution in [0.3, 0.4) is 0 Å². The van der Waals surface area contributed by atoms with Crippen LogP contribution in [0.4, 0.5) is 5.69 Å². The summed E-state index contributed by atoms with van der Waals surface area (Å²) in [6, 6.07) is 7.23. The summed E-state index contributed by atoms with van der Waals surface area (Å²) in [5.41, 5.74) is 3.43. The molecule has 1 atom stereocenters. The fraction of sp³-hybridized carbons (Fsp3) is 0.414. The molecule has 0 radical (unpaired) electrons. The van der Waals surface area contributed by atoms with Crippen molar-refractivity contribution < 1.29 is 28.5 Å². The first-order valence-electron chi connectivity index (χ1n) is 12.9. The minimum absolute atomic E-state index is 0.119. The van der Waals surface area contributed by atoms with Gasteiger partial charge in [0.05, 0.1) is 25.4 Å². The quantitative estimate of drug-likeness (QED) is 0.188. The first kappa shape index (κ1) is 29.7. The smallest absolute Gasteiger partial charge is 0.231 e. The molecule has 1 aliphatic rings. The molecule has 0 N–H and O–H groups in total. The number of aromatic nitrogens is 1. The number of pyridine rings is 1. The molecule has 1 amide bonds. The van der Waals surface area contributed by atoms with Gasteiger partial charge < -0.3 is 28.7 Å². The Hall–Kier alpha value is -3.31. The Morgan fingerprint density at radius 1 is 1.07 bits per heavy atom. The van der Waals surface area contributed by atoms with Gasteiger partial charge in [-0.05, 0) is 36.4 Å². The van der Waals surface area contributed by atoms with Gasteiger partial charge in [-0.15, -0.1) is 0 Å². The van der Waals surface area contributed by atoms with Crippen LogP contribution in [0.1, 0.15) is 30.1 Å². The first-order valence-corrected chi connectivity index (χ1v) is 15.5. The molecule has 3 aromatic rings. The number of rotatable bonds is 13. The second-order valence-corrected chi connectivity index (χ2v) is 12.4. The highest BCUT2D eigenvalue weighted by molar-refractivity contribution is 8.76. The summed E-state index contributed by atoms with van der Waals surface area (Å²) in [4.78, 5) is 33.6. The maximum Gasteiger partial charge on any atom is 0.231 e. The minimum atomic E-state index is 0.119. The third kappa shape index (κ3) is 6.36. The maximum absolute atomic E-state index is 12.8. The Balaban J connectivity index is 1.71. The van der Waals surface area contributed by atoms with Crippen molar-refractivity contribution >= 4 is 50.4 Å². The predicted molar refractivity (Wildman–Crippen MR) is 163 cm³/mol. The number of anilines is 1. The van der Waals surface area contributed by atoms with Crippen LogP contribution in [0.5, 0.6) is 23.0 Å². The maximum atomic E-state index is 12.8. The predicted octanol–water partition coefficient (Wildman–Crippen LogP) is 5.53. The van der Waals surface area contributed by atoms with Crippen LogP contribution in [0, 0.1) is 0 Å². The average Bonchev–Trinajstić information content (AvgIpc) is 3.43. The largest absolute Gasteiger partial charge is 0.493 e. The topological polar surface area (TPSA) is 90.4 Å². The van der Waals surface area contributed by atoms with Crippen LogP contribution in [0.25, 0.3) is 22.0 Å². The van der Waals surface area contributed by atoms with E-state index >= 15 is 0 Å². The molecular formula is C29H35N3O6S2. The summed E-state index contributed by atoms with van der Waals surface area (Å²) < 4.78 is 22.2. The number of aldehydes is 1. The molecule has 11 heteroatoms. The van der Waals surface area contributed by atoms with Gasteiger partial charge in [0.15, 0.2) is 29.3 Å². The van der Waals surface area contributed by atoms with E-state index in [1.165, 1.54) is 7.11 Å². The third-order valence-electron chi connectivity index (χ3n) is 6.91. The van der Waals surface area contributed by atoms with Crippen molar-refractivity contribution in [3.63, 3.8) is 0 Å². The third-order valence-corrected chi connectivity index (χ3v) is 9.23. The lowest BCUT2D eigenvalue weighted by Gasteiger charge is -2.27. The van der Waals surface area contributed by atoms with Crippen molar-refractivity contribution in [1.29, 1.82) is 0 Å². The van der Waals surface area contributed by atoms with Crippen molar-refractivity contribution in [2.75, 3.05) is 59.4 Å². The first-order chi connectivity index (χ1) is 19.3. The molecule has 4 rings (SSSR count). The molecular weight excluding hydrogens is 550 g/mol. The average molecular weight is 586 g/mol. The van der Waals surface area contributed by atoms with Crippen molar-refractivity contribution in [3.8, 4) is 34.1 Å². The number of likely N-dealkylation sites (N-methyl/N-ethyl adjacent to an activating group) is 2. The number of hydrogen-bond acceptors (Lipinski definition) is 10. The van der Waals surface area contributed by atoms with Crippen LogP contribution < -0.4 is 23.8 Å². The fourth-order valence-corrected chi connectivity index (χ4v) is 6.49. The Kier molecular flexibility index (Phi) is 9.91. The van der Waals surface area contributed by atoms with E-state index < -0.39 is 0 Å². The molecule has 0 bridgehead atoms. The van der Waals surface area contributed by atoms with Gasteiger partial charge in [0.2, 0.25) is 12.7 Å². The lowest BCUT2D eigenvalue weighted by atomic mass is 9.96.